The Kier molecular flexibility index (Phi) is 5.42. The second kappa shape index (κ2) is 7.92. The van der Waals surface area contributed by atoms with E-state index in [0.29, 0.717) is 12.5 Å². The molecule has 0 spiro atoms. The van der Waals surface area contributed by atoms with E-state index in [9.17, 15) is 4.79 Å². The molecule has 1 saturated heterocycles. The molecule has 1 fully saturated rings. The van der Waals surface area contributed by atoms with E-state index in [4.69, 9.17) is 9.47 Å². The number of benzene rings is 1. The molecule has 0 unspecified atom stereocenters. The summed E-state index contributed by atoms with van der Waals surface area (Å²) < 4.78 is 10.6. The van der Waals surface area contributed by atoms with Crippen LogP contribution in [-0.2, 0) is 11.2 Å². The van der Waals surface area contributed by atoms with E-state index in [1.807, 2.05) is 29.2 Å². The number of hydrogen-bond donors (Lipinski definition) is 2. The van der Waals surface area contributed by atoms with Gasteiger partial charge in [-0.05, 0) is 18.9 Å². The average molecular weight is 344 g/mol. The van der Waals surface area contributed by atoms with Gasteiger partial charge < -0.3 is 19.7 Å². The molecule has 1 aromatic carbocycles. The molecule has 0 atom stereocenters. The first-order valence-electron chi connectivity index (χ1n) is 8.43. The highest BCUT2D eigenvalue weighted by Crippen LogP contribution is 2.27. The van der Waals surface area contributed by atoms with Gasteiger partial charge in [0.2, 0.25) is 5.91 Å². The van der Waals surface area contributed by atoms with Crippen molar-refractivity contribution in [1.29, 1.82) is 0 Å². The Morgan fingerprint density at radius 2 is 1.92 bits per heavy atom. The highest BCUT2D eigenvalue weighted by Gasteiger charge is 2.23. The zero-order valence-corrected chi connectivity index (χ0v) is 14.6. The first-order chi connectivity index (χ1) is 12.2. The molecule has 0 bridgehead atoms. The molecule has 134 valence electrons. The molecule has 0 aliphatic carbocycles. The van der Waals surface area contributed by atoms with Crippen molar-refractivity contribution in [3.8, 4) is 11.5 Å². The number of anilines is 1. The van der Waals surface area contributed by atoms with Gasteiger partial charge in [-0.25, -0.2) is 0 Å². The van der Waals surface area contributed by atoms with Gasteiger partial charge in [0.1, 0.15) is 11.5 Å². The van der Waals surface area contributed by atoms with Crippen LogP contribution >= 0.6 is 0 Å². The fraction of sp³-hybridized carbons (Fsp3) is 0.444. The molecule has 1 aromatic heterocycles. The van der Waals surface area contributed by atoms with Crippen LogP contribution in [0, 0.1) is 0 Å². The summed E-state index contributed by atoms with van der Waals surface area (Å²) in [5, 5.41) is 10.2. The number of amides is 1. The van der Waals surface area contributed by atoms with Gasteiger partial charge in [-0.15, -0.1) is 0 Å². The quantitative estimate of drug-likeness (QED) is 0.839. The molecule has 1 aliphatic heterocycles. The van der Waals surface area contributed by atoms with Crippen LogP contribution in [0.15, 0.2) is 30.5 Å². The number of piperidine rings is 1. The maximum absolute atomic E-state index is 12.3. The predicted octanol–water partition coefficient (Wildman–Crippen LogP) is 2.07. The van der Waals surface area contributed by atoms with Crippen LogP contribution in [0.4, 0.5) is 5.69 Å². The number of methoxy groups -OCH3 is 2. The number of hydrogen-bond acceptors (Lipinski definition) is 5. The molecule has 0 saturated carbocycles. The summed E-state index contributed by atoms with van der Waals surface area (Å²) in [7, 11) is 3.28. The maximum Gasteiger partial charge on any atom is 0.228 e. The molecule has 25 heavy (non-hydrogen) atoms. The van der Waals surface area contributed by atoms with Gasteiger partial charge >= 0.3 is 0 Å². The summed E-state index contributed by atoms with van der Waals surface area (Å²) in [6, 6.07) is 7.92. The zero-order valence-electron chi connectivity index (χ0n) is 14.6. The average Bonchev–Trinajstić information content (AvgIpc) is 3.15. The first kappa shape index (κ1) is 17.1. The molecule has 2 heterocycles. The van der Waals surface area contributed by atoms with Crippen LogP contribution in [0.5, 0.6) is 11.5 Å². The van der Waals surface area contributed by atoms with Crippen LogP contribution in [0.2, 0.25) is 0 Å². The van der Waals surface area contributed by atoms with E-state index in [2.05, 4.69) is 15.5 Å². The van der Waals surface area contributed by atoms with Crippen molar-refractivity contribution in [2.24, 2.45) is 0 Å². The summed E-state index contributed by atoms with van der Waals surface area (Å²) in [6.07, 6.45) is 3.87. The van der Waals surface area contributed by atoms with E-state index >= 15 is 0 Å². The van der Waals surface area contributed by atoms with Crippen molar-refractivity contribution in [3.63, 3.8) is 0 Å². The van der Waals surface area contributed by atoms with Crippen LogP contribution in [0.3, 0.4) is 0 Å². The zero-order chi connectivity index (χ0) is 17.6. The molecule has 7 nitrogen and oxygen atoms in total. The Morgan fingerprint density at radius 3 is 2.48 bits per heavy atom. The number of carbonyl (C=O) groups is 1. The van der Waals surface area contributed by atoms with E-state index in [1.165, 1.54) is 0 Å². The highest BCUT2D eigenvalue weighted by molar-refractivity contribution is 5.78. The Bertz CT molecular complexity index is 672. The number of nitrogens with one attached hydrogen (secondary N) is 2. The Labute approximate surface area is 147 Å². The number of H-pyrrole nitrogens is 1. The third-order valence-corrected chi connectivity index (χ3v) is 4.47. The molecule has 3 rings (SSSR count). The SMILES string of the molecule is COc1cc(NC2CCN(C(=O)Cc3ccn[nH]3)CC2)cc(OC)c1. The lowest BCUT2D eigenvalue weighted by molar-refractivity contribution is -0.131. The summed E-state index contributed by atoms with van der Waals surface area (Å²) in [5.41, 5.74) is 1.83. The minimum atomic E-state index is 0.144. The monoisotopic (exact) mass is 344 g/mol. The lowest BCUT2D eigenvalue weighted by Crippen LogP contribution is -2.43. The largest absolute Gasteiger partial charge is 0.497 e. The summed E-state index contributed by atoms with van der Waals surface area (Å²) >= 11 is 0. The van der Waals surface area contributed by atoms with E-state index < -0.39 is 0 Å². The lowest BCUT2D eigenvalue weighted by atomic mass is 10.0. The first-order valence-corrected chi connectivity index (χ1v) is 8.43. The minimum absolute atomic E-state index is 0.144. The number of carbonyl (C=O) groups excluding carboxylic acids is 1. The van der Waals surface area contributed by atoms with Gasteiger partial charge in [-0.2, -0.15) is 5.10 Å². The number of aromatic nitrogens is 2. The molecule has 1 amide bonds. The van der Waals surface area contributed by atoms with Crippen molar-refractivity contribution in [2.45, 2.75) is 25.3 Å². The molecule has 0 radical (unpaired) electrons. The number of nitrogens with zero attached hydrogens (tertiary/aromatic N) is 2. The maximum atomic E-state index is 12.3. The number of ether oxygens (including phenoxy) is 2. The molecular formula is C18H24N4O3. The van der Waals surface area contributed by atoms with Gasteiger partial charge in [0.15, 0.2) is 0 Å². The Balaban J connectivity index is 1.53. The molecule has 7 heteroatoms. The van der Waals surface area contributed by atoms with E-state index in [-0.39, 0.29) is 5.91 Å². The second-order valence-corrected chi connectivity index (χ2v) is 6.16. The number of aromatic amines is 1. The fourth-order valence-corrected chi connectivity index (χ4v) is 3.06. The second-order valence-electron chi connectivity index (χ2n) is 6.16. The molecule has 2 aromatic rings. The topological polar surface area (TPSA) is 79.5 Å². The normalized spacial score (nSPS) is 15.0. The third kappa shape index (κ3) is 4.43. The minimum Gasteiger partial charge on any atom is -0.497 e. The van der Waals surface area contributed by atoms with Gasteiger partial charge in [-0.1, -0.05) is 0 Å². The van der Waals surface area contributed by atoms with Crippen molar-refractivity contribution < 1.29 is 14.3 Å². The number of likely N-dealkylation sites (tertiary alicyclic amines) is 1. The lowest BCUT2D eigenvalue weighted by Gasteiger charge is -2.33. The summed E-state index contributed by atoms with van der Waals surface area (Å²) in [6.45, 7) is 1.51. The van der Waals surface area contributed by atoms with E-state index in [0.717, 1.165) is 48.8 Å². The Morgan fingerprint density at radius 1 is 1.24 bits per heavy atom. The fourth-order valence-electron chi connectivity index (χ4n) is 3.06. The standard InChI is InChI=1S/C18H24N4O3/c1-24-16-9-15(10-17(12-16)25-2)20-13-4-7-22(8-5-13)18(23)11-14-3-6-19-21-14/h3,6,9-10,12-13,20H,4-5,7-8,11H2,1-2H3,(H,19,21). The van der Waals surface area contributed by atoms with Gasteiger partial charge in [0.05, 0.1) is 20.6 Å². The van der Waals surface area contributed by atoms with Gasteiger partial charge in [-0.3, -0.25) is 9.89 Å². The smallest absolute Gasteiger partial charge is 0.228 e. The van der Waals surface area contributed by atoms with Gasteiger partial charge in [0.25, 0.3) is 0 Å². The van der Waals surface area contributed by atoms with E-state index in [1.54, 1.807) is 20.4 Å². The van der Waals surface area contributed by atoms with Gasteiger partial charge in [0, 0.05) is 54.9 Å². The van der Waals surface area contributed by atoms with Crippen LogP contribution in [0.25, 0.3) is 0 Å². The van der Waals surface area contributed by atoms with Crippen LogP contribution in [-0.4, -0.2) is 54.4 Å². The molecule has 2 N–H and O–H groups in total. The van der Waals surface area contributed by atoms with Crippen molar-refractivity contribution >= 4 is 11.6 Å². The van der Waals surface area contributed by atoms with Crippen LogP contribution < -0.4 is 14.8 Å². The summed E-state index contributed by atoms with van der Waals surface area (Å²) in [5.74, 6) is 1.66. The highest BCUT2D eigenvalue weighted by atomic mass is 16.5. The van der Waals surface area contributed by atoms with Crippen molar-refractivity contribution in [1.82, 2.24) is 15.1 Å². The predicted molar refractivity (Wildman–Crippen MR) is 95.1 cm³/mol. The van der Waals surface area contributed by atoms with Crippen molar-refractivity contribution in [2.75, 3.05) is 32.6 Å². The van der Waals surface area contributed by atoms with Crippen LogP contribution in [0.1, 0.15) is 18.5 Å². The molecule has 1 aliphatic rings. The molecular weight excluding hydrogens is 320 g/mol. The van der Waals surface area contributed by atoms with Crippen molar-refractivity contribution in [3.05, 3.63) is 36.2 Å². The number of rotatable bonds is 6. The Hall–Kier alpha value is -2.70. The third-order valence-electron chi connectivity index (χ3n) is 4.47. The summed E-state index contributed by atoms with van der Waals surface area (Å²) in [4.78, 5) is 14.2.